The first-order valence-electron chi connectivity index (χ1n) is 13.3. The molecular formula is C29H19Cl3F6N2O5. The lowest BCUT2D eigenvalue weighted by Crippen LogP contribution is -2.60. The summed E-state index contributed by atoms with van der Waals surface area (Å²) in [6.07, 6.45) is -9.71. The molecule has 0 spiro atoms. The van der Waals surface area contributed by atoms with Crippen LogP contribution in [0, 0.1) is 17.8 Å². The zero-order valence-electron chi connectivity index (χ0n) is 22.6. The number of hydrogen-bond acceptors (Lipinski definition) is 5. The second kappa shape index (κ2) is 9.85. The molecule has 4 aliphatic rings. The summed E-state index contributed by atoms with van der Waals surface area (Å²) >= 11 is 20.2. The lowest BCUT2D eigenvalue weighted by Gasteiger charge is -2.50. The summed E-state index contributed by atoms with van der Waals surface area (Å²) in [7, 11) is 1.14. The number of fused-ring (bicyclic) bond motifs is 4. The van der Waals surface area contributed by atoms with Crippen LogP contribution in [0.15, 0.2) is 48.0 Å². The van der Waals surface area contributed by atoms with Crippen LogP contribution in [-0.2, 0) is 31.5 Å². The molecule has 6 atom stereocenters. The summed E-state index contributed by atoms with van der Waals surface area (Å²) in [4.78, 5) is 51.2. The molecule has 2 heterocycles. The van der Waals surface area contributed by atoms with Crippen LogP contribution >= 0.6 is 34.8 Å². The van der Waals surface area contributed by atoms with E-state index >= 15 is 0 Å². The SMILES string of the molecule is CN1C(=O)[C@]2(Cl)C[C@@H]3C(=CC[C@@H]4C(=O)N(c5cc(C(F)(F)F)cc(C(F)(F)F)c5)C(=O)[C@@H]43)[C@H](c3cc(Cl)ccc3O)[C@]2(Cl)C1=O. The van der Waals surface area contributed by atoms with Crippen LogP contribution in [0.1, 0.15) is 35.4 Å². The summed E-state index contributed by atoms with van der Waals surface area (Å²) in [6, 6.07) is 4.30. The largest absolute Gasteiger partial charge is 0.508 e. The second-order valence-corrected chi connectivity index (χ2v) is 13.2. The summed E-state index contributed by atoms with van der Waals surface area (Å²) < 4.78 is 81.7. The number of carbonyl (C=O) groups excluding carboxylic acids is 4. The van der Waals surface area contributed by atoms with Crippen molar-refractivity contribution in [2.75, 3.05) is 11.9 Å². The average molecular weight is 696 g/mol. The fourth-order valence-electron chi connectivity index (χ4n) is 7.17. The predicted molar refractivity (Wildman–Crippen MR) is 148 cm³/mol. The molecule has 2 aromatic rings. The molecule has 238 valence electrons. The first kappa shape index (κ1) is 31.7. The molecule has 45 heavy (non-hydrogen) atoms. The van der Waals surface area contributed by atoms with E-state index in [-0.39, 0.29) is 46.5 Å². The van der Waals surface area contributed by atoms with Crippen LogP contribution in [0.2, 0.25) is 5.02 Å². The molecule has 2 aliphatic carbocycles. The maximum Gasteiger partial charge on any atom is 0.416 e. The Hall–Kier alpha value is -3.29. The van der Waals surface area contributed by atoms with E-state index in [1.54, 1.807) is 0 Å². The number of hydrogen-bond donors (Lipinski definition) is 1. The van der Waals surface area contributed by atoms with Crippen molar-refractivity contribution in [3.8, 4) is 5.75 Å². The number of imide groups is 2. The summed E-state index contributed by atoms with van der Waals surface area (Å²) in [5, 5.41) is 11.0. The summed E-state index contributed by atoms with van der Waals surface area (Å²) in [6.45, 7) is 0. The molecule has 0 radical (unpaired) electrons. The fraction of sp³-hybridized carbons (Fsp3) is 0.379. The van der Waals surface area contributed by atoms with Gasteiger partial charge in [0.05, 0.1) is 28.7 Å². The average Bonchev–Trinajstić information content (AvgIpc) is 3.28. The standard InChI is InChI=1S/C29H19Cl3F6N2O5/c1-39-24(44)26(31)10-18-15(21(27(26,32)25(39)45)17-9-13(30)2-5-19(17)41)3-4-16-20(18)23(43)40(22(16)42)14-7-11(28(33,34)35)6-12(8-14)29(36,37)38/h2-3,5-9,16,18,20-21,41H,4,10H2,1H3/t16-,18+,20-,21+,26+,27-/m0/s1. The van der Waals surface area contributed by atoms with E-state index in [1.807, 2.05) is 0 Å². The summed E-state index contributed by atoms with van der Waals surface area (Å²) in [5.74, 6) is -9.57. The molecule has 2 saturated heterocycles. The molecule has 3 fully saturated rings. The number of phenolic OH excluding ortho intramolecular Hbond substituents is 1. The maximum absolute atomic E-state index is 14.0. The minimum Gasteiger partial charge on any atom is -0.508 e. The van der Waals surface area contributed by atoms with Crippen molar-refractivity contribution in [1.29, 1.82) is 0 Å². The highest BCUT2D eigenvalue weighted by molar-refractivity contribution is 6.53. The number of halogens is 9. The van der Waals surface area contributed by atoms with Crippen LogP contribution in [0.3, 0.4) is 0 Å². The lowest BCUT2D eigenvalue weighted by atomic mass is 9.56. The molecule has 0 bridgehead atoms. The third-order valence-electron chi connectivity index (χ3n) is 9.15. The number of nitrogens with zero attached hydrogens (tertiary/aromatic N) is 2. The highest BCUT2D eigenvalue weighted by Crippen LogP contribution is 2.66. The molecule has 7 nitrogen and oxygen atoms in total. The molecule has 1 saturated carbocycles. The zero-order chi connectivity index (χ0) is 33.2. The van der Waals surface area contributed by atoms with Crippen molar-refractivity contribution in [2.45, 2.75) is 40.9 Å². The Morgan fingerprint density at radius 1 is 0.867 bits per heavy atom. The minimum atomic E-state index is -5.24. The van der Waals surface area contributed by atoms with Crippen molar-refractivity contribution >= 4 is 64.1 Å². The van der Waals surface area contributed by atoms with Crippen molar-refractivity contribution < 1.29 is 50.6 Å². The van der Waals surface area contributed by atoms with Gasteiger partial charge in [-0.25, -0.2) is 4.90 Å². The molecule has 1 N–H and O–H groups in total. The first-order valence-corrected chi connectivity index (χ1v) is 14.4. The number of allylic oxidation sites excluding steroid dienone is 2. The van der Waals surface area contributed by atoms with Crippen LogP contribution in [0.4, 0.5) is 32.0 Å². The fourth-order valence-corrected chi connectivity index (χ4v) is 8.36. The number of alkyl halides is 8. The number of phenols is 1. The van der Waals surface area contributed by atoms with E-state index in [0.29, 0.717) is 9.80 Å². The normalized spacial score (nSPS) is 31.6. The van der Waals surface area contributed by atoms with Gasteiger partial charge in [-0.1, -0.05) is 23.3 Å². The number of rotatable bonds is 2. The monoisotopic (exact) mass is 694 g/mol. The smallest absolute Gasteiger partial charge is 0.416 e. The van der Waals surface area contributed by atoms with Gasteiger partial charge in [-0.05, 0) is 55.2 Å². The van der Waals surface area contributed by atoms with Crippen LogP contribution in [0.5, 0.6) is 5.75 Å². The number of aromatic hydroxyl groups is 1. The van der Waals surface area contributed by atoms with Crippen LogP contribution in [-0.4, -0.2) is 50.4 Å². The van der Waals surface area contributed by atoms with Gasteiger partial charge >= 0.3 is 12.4 Å². The Labute approximate surface area is 265 Å². The molecule has 6 rings (SSSR count). The Morgan fingerprint density at radius 3 is 2.04 bits per heavy atom. The zero-order valence-corrected chi connectivity index (χ0v) is 24.9. The van der Waals surface area contributed by atoms with Gasteiger partial charge in [-0.3, -0.25) is 24.1 Å². The van der Waals surface area contributed by atoms with E-state index < -0.39 is 92.6 Å². The van der Waals surface area contributed by atoms with E-state index in [9.17, 15) is 50.6 Å². The molecule has 4 amide bonds. The van der Waals surface area contributed by atoms with E-state index in [4.69, 9.17) is 34.8 Å². The molecule has 0 aromatic heterocycles. The van der Waals surface area contributed by atoms with Crippen molar-refractivity contribution in [1.82, 2.24) is 4.90 Å². The van der Waals surface area contributed by atoms with Gasteiger partial charge in [-0.15, -0.1) is 23.2 Å². The molecule has 2 aliphatic heterocycles. The van der Waals surface area contributed by atoms with Gasteiger partial charge in [0.2, 0.25) is 11.8 Å². The van der Waals surface area contributed by atoms with Gasteiger partial charge < -0.3 is 5.11 Å². The molecular weight excluding hydrogens is 677 g/mol. The molecule has 16 heteroatoms. The Kier molecular flexibility index (Phi) is 6.94. The highest BCUT2D eigenvalue weighted by atomic mass is 35.5. The Bertz CT molecular complexity index is 1710. The highest BCUT2D eigenvalue weighted by Gasteiger charge is 2.76. The Balaban J connectivity index is 1.51. The van der Waals surface area contributed by atoms with Gasteiger partial charge in [-0.2, -0.15) is 26.3 Å². The third-order valence-corrected chi connectivity index (χ3v) is 10.8. The number of anilines is 1. The van der Waals surface area contributed by atoms with Crippen molar-refractivity contribution in [3.63, 3.8) is 0 Å². The minimum absolute atomic E-state index is 0.0188. The quantitative estimate of drug-likeness (QED) is 0.173. The van der Waals surface area contributed by atoms with Gasteiger partial charge in [0, 0.05) is 23.6 Å². The predicted octanol–water partition coefficient (Wildman–Crippen LogP) is 6.28. The Morgan fingerprint density at radius 2 is 1.47 bits per heavy atom. The van der Waals surface area contributed by atoms with Crippen LogP contribution in [0.25, 0.3) is 0 Å². The maximum atomic E-state index is 14.0. The van der Waals surface area contributed by atoms with E-state index in [1.165, 1.54) is 24.3 Å². The molecule has 0 unspecified atom stereocenters. The third kappa shape index (κ3) is 4.33. The lowest BCUT2D eigenvalue weighted by molar-refractivity contribution is -0.143. The van der Waals surface area contributed by atoms with Gasteiger partial charge in [0.15, 0.2) is 9.75 Å². The number of likely N-dealkylation sites (tertiary alicyclic amines) is 1. The number of benzene rings is 2. The first-order chi connectivity index (χ1) is 20.7. The topological polar surface area (TPSA) is 95.0 Å². The van der Waals surface area contributed by atoms with Crippen molar-refractivity contribution in [3.05, 3.63) is 69.8 Å². The van der Waals surface area contributed by atoms with E-state index in [2.05, 4.69) is 0 Å². The second-order valence-electron chi connectivity index (χ2n) is 11.5. The van der Waals surface area contributed by atoms with Crippen molar-refractivity contribution in [2.24, 2.45) is 17.8 Å². The summed E-state index contributed by atoms with van der Waals surface area (Å²) in [5.41, 5.74) is -4.16. The van der Waals surface area contributed by atoms with Gasteiger partial charge in [0.25, 0.3) is 11.8 Å². The van der Waals surface area contributed by atoms with Gasteiger partial charge in [0.1, 0.15) is 5.75 Å². The molecule has 2 aromatic carbocycles. The number of carbonyl (C=O) groups is 4. The van der Waals surface area contributed by atoms with E-state index in [0.717, 1.165) is 7.05 Å². The van der Waals surface area contributed by atoms with Crippen LogP contribution < -0.4 is 4.90 Å². The number of amides is 4.